The number of benzene rings is 2. The molecule has 0 atom stereocenters. The minimum atomic E-state index is -0.463. The number of pyridine rings is 1. The van der Waals surface area contributed by atoms with Crippen molar-refractivity contribution in [3.05, 3.63) is 83.8 Å². The average Bonchev–Trinajstić information content (AvgIpc) is 2.59. The molecule has 3 aromatic rings. The van der Waals surface area contributed by atoms with Crippen LogP contribution in [0.4, 0.5) is 10.1 Å². The van der Waals surface area contributed by atoms with Crippen molar-refractivity contribution in [2.45, 2.75) is 16.8 Å². The lowest BCUT2D eigenvalue weighted by molar-refractivity contribution is 0.102. The molecule has 0 aliphatic rings. The second kappa shape index (κ2) is 7.27. The van der Waals surface area contributed by atoms with E-state index in [2.05, 4.69) is 10.3 Å². The normalized spacial score (nSPS) is 10.4. The van der Waals surface area contributed by atoms with Gasteiger partial charge in [0.05, 0.1) is 11.3 Å². The van der Waals surface area contributed by atoms with E-state index in [0.717, 1.165) is 10.5 Å². The van der Waals surface area contributed by atoms with E-state index in [-0.39, 0.29) is 11.6 Å². The topological polar surface area (TPSA) is 42.0 Å². The molecule has 0 fully saturated rings. The maximum Gasteiger partial charge on any atom is 0.258 e. The molecule has 1 heterocycles. The number of aromatic nitrogens is 1. The highest BCUT2D eigenvalue weighted by Crippen LogP contribution is 2.29. The molecule has 3 rings (SSSR count). The fourth-order valence-corrected chi connectivity index (χ4v) is 3.07. The van der Waals surface area contributed by atoms with Crippen LogP contribution in [0.2, 0.25) is 0 Å². The number of nitrogens with zero attached hydrogens (tertiary/aromatic N) is 1. The molecule has 0 radical (unpaired) electrons. The number of aryl methyl sites for hydroxylation is 1. The van der Waals surface area contributed by atoms with Crippen molar-refractivity contribution in [3.8, 4) is 0 Å². The highest BCUT2D eigenvalue weighted by atomic mass is 32.2. The fourth-order valence-electron chi connectivity index (χ4n) is 2.17. The molecular formula is C19H15FN2OS. The molecule has 1 aromatic heterocycles. The Kier molecular flexibility index (Phi) is 4.91. The van der Waals surface area contributed by atoms with Crippen LogP contribution in [0.15, 0.2) is 76.8 Å². The summed E-state index contributed by atoms with van der Waals surface area (Å²) in [6, 6.07) is 17.6. The molecule has 0 spiro atoms. The zero-order valence-electron chi connectivity index (χ0n) is 13.0. The molecule has 1 N–H and O–H groups in total. The quantitative estimate of drug-likeness (QED) is 0.733. The zero-order chi connectivity index (χ0) is 16.9. The standard InChI is InChI=1S/C19H15FN2OS/c1-13-9-10-16(20)17(12-13)22-18(23)15-8-5-11-21-19(15)24-14-6-3-2-4-7-14/h2-12H,1H3,(H,22,23). The molecule has 0 saturated heterocycles. The molecule has 120 valence electrons. The highest BCUT2D eigenvalue weighted by Gasteiger charge is 2.15. The van der Waals surface area contributed by atoms with Gasteiger partial charge in [0.25, 0.3) is 5.91 Å². The SMILES string of the molecule is Cc1ccc(F)c(NC(=O)c2cccnc2Sc2ccccc2)c1. The second-order valence-corrected chi connectivity index (χ2v) is 6.27. The van der Waals surface area contributed by atoms with E-state index in [0.29, 0.717) is 10.6 Å². The number of rotatable bonds is 4. The van der Waals surface area contributed by atoms with Crippen molar-refractivity contribution in [1.29, 1.82) is 0 Å². The fraction of sp³-hybridized carbons (Fsp3) is 0.0526. The van der Waals surface area contributed by atoms with Gasteiger partial charge < -0.3 is 5.32 Å². The number of hydrogen-bond donors (Lipinski definition) is 1. The minimum Gasteiger partial charge on any atom is -0.319 e. The molecule has 24 heavy (non-hydrogen) atoms. The number of amides is 1. The molecule has 0 bridgehead atoms. The van der Waals surface area contributed by atoms with E-state index >= 15 is 0 Å². The van der Waals surface area contributed by atoms with E-state index in [1.165, 1.54) is 17.8 Å². The van der Waals surface area contributed by atoms with Crippen LogP contribution in [0.25, 0.3) is 0 Å². The summed E-state index contributed by atoms with van der Waals surface area (Å²) in [6.45, 7) is 1.84. The smallest absolute Gasteiger partial charge is 0.258 e. The van der Waals surface area contributed by atoms with Gasteiger partial charge in [-0.1, -0.05) is 36.0 Å². The Balaban J connectivity index is 1.86. The Bertz CT molecular complexity index is 868. The van der Waals surface area contributed by atoms with Crippen LogP contribution < -0.4 is 5.32 Å². The monoisotopic (exact) mass is 338 g/mol. The third-order valence-electron chi connectivity index (χ3n) is 3.34. The van der Waals surface area contributed by atoms with Gasteiger partial charge in [-0.15, -0.1) is 0 Å². The minimum absolute atomic E-state index is 0.166. The van der Waals surface area contributed by atoms with Gasteiger partial charge in [0.1, 0.15) is 10.8 Å². The third kappa shape index (κ3) is 3.81. The number of carbonyl (C=O) groups is 1. The van der Waals surface area contributed by atoms with Crippen LogP contribution >= 0.6 is 11.8 Å². The maximum atomic E-state index is 13.9. The Morgan fingerprint density at radius 2 is 1.88 bits per heavy atom. The zero-order valence-corrected chi connectivity index (χ0v) is 13.8. The highest BCUT2D eigenvalue weighted by molar-refractivity contribution is 7.99. The van der Waals surface area contributed by atoms with Crippen LogP contribution in [-0.2, 0) is 0 Å². The first kappa shape index (κ1) is 16.2. The largest absolute Gasteiger partial charge is 0.319 e. The van der Waals surface area contributed by atoms with Crippen molar-refractivity contribution in [3.63, 3.8) is 0 Å². The van der Waals surface area contributed by atoms with Crippen molar-refractivity contribution < 1.29 is 9.18 Å². The van der Waals surface area contributed by atoms with Gasteiger partial charge in [0.15, 0.2) is 0 Å². The lowest BCUT2D eigenvalue weighted by Crippen LogP contribution is -2.14. The van der Waals surface area contributed by atoms with Crippen molar-refractivity contribution in [2.75, 3.05) is 5.32 Å². The predicted molar refractivity (Wildman–Crippen MR) is 93.9 cm³/mol. The molecule has 0 saturated carbocycles. The molecule has 5 heteroatoms. The Morgan fingerprint density at radius 3 is 2.67 bits per heavy atom. The summed E-state index contributed by atoms with van der Waals surface area (Å²) in [5.41, 5.74) is 1.45. The molecule has 1 amide bonds. The molecule has 2 aromatic carbocycles. The van der Waals surface area contributed by atoms with Gasteiger partial charge in [-0.3, -0.25) is 4.79 Å². The van der Waals surface area contributed by atoms with Gasteiger partial charge in [-0.05, 0) is 48.9 Å². The Morgan fingerprint density at radius 1 is 1.08 bits per heavy atom. The maximum absolute atomic E-state index is 13.9. The number of nitrogens with one attached hydrogen (secondary N) is 1. The van der Waals surface area contributed by atoms with Crippen LogP contribution in [-0.4, -0.2) is 10.9 Å². The number of carbonyl (C=O) groups excluding carboxylic acids is 1. The van der Waals surface area contributed by atoms with Crippen LogP contribution in [0.1, 0.15) is 15.9 Å². The van der Waals surface area contributed by atoms with E-state index in [9.17, 15) is 9.18 Å². The van der Waals surface area contributed by atoms with E-state index in [4.69, 9.17) is 0 Å². The van der Waals surface area contributed by atoms with Crippen LogP contribution in [0.5, 0.6) is 0 Å². The lowest BCUT2D eigenvalue weighted by Gasteiger charge is -2.10. The summed E-state index contributed by atoms with van der Waals surface area (Å²) < 4.78 is 13.9. The Hall–Kier alpha value is -2.66. The molecule has 0 aliphatic carbocycles. The molecule has 0 unspecified atom stereocenters. The molecule has 3 nitrogen and oxygen atoms in total. The lowest BCUT2D eigenvalue weighted by atomic mass is 10.2. The van der Waals surface area contributed by atoms with Gasteiger partial charge in [0.2, 0.25) is 0 Å². The summed E-state index contributed by atoms with van der Waals surface area (Å²) in [4.78, 5) is 17.8. The van der Waals surface area contributed by atoms with Gasteiger partial charge in [0, 0.05) is 11.1 Å². The predicted octanol–water partition coefficient (Wildman–Crippen LogP) is 4.93. The molecular weight excluding hydrogens is 323 g/mol. The van der Waals surface area contributed by atoms with Crippen molar-refractivity contribution in [1.82, 2.24) is 4.98 Å². The summed E-state index contributed by atoms with van der Waals surface area (Å²) in [6.07, 6.45) is 1.63. The summed E-state index contributed by atoms with van der Waals surface area (Å²) in [7, 11) is 0. The average molecular weight is 338 g/mol. The second-order valence-electron chi connectivity index (χ2n) is 5.21. The van der Waals surface area contributed by atoms with Gasteiger partial charge >= 0.3 is 0 Å². The summed E-state index contributed by atoms with van der Waals surface area (Å²) in [5, 5.41) is 3.20. The summed E-state index contributed by atoms with van der Waals surface area (Å²) >= 11 is 1.39. The van der Waals surface area contributed by atoms with E-state index in [1.807, 2.05) is 37.3 Å². The first-order valence-electron chi connectivity index (χ1n) is 7.39. The van der Waals surface area contributed by atoms with E-state index in [1.54, 1.807) is 30.5 Å². The first-order valence-corrected chi connectivity index (χ1v) is 8.20. The number of anilines is 1. The van der Waals surface area contributed by atoms with Gasteiger partial charge in [-0.25, -0.2) is 9.37 Å². The number of hydrogen-bond acceptors (Lipinski definition) is 3. The third-order valence-corrected chi connectivity index (χ3v) is 4.37. The summed E-state index contributed by atoms with van der Waals surface area (Å²) in [5.74, 6) is -0.846. The van der Waals surface area contributed by atoms with Gasteiger partial charge in [-0.2, -0.15) is 0 Å². The molecule has 0 aliphatic heterocycles. The van der Waals surface area contributed by atoms with Crippen molar-refractivity contribution in [2.24, 2.45) is 0 Å². The Labute approximate surface area is 143 Å². The van der Waals surface area contributed by atoms with Crippen LogP contribution in [0, 0.1) is 12.7 Å². The van der Waals surface area contributed by atoms with Crippen LogP contribution in [0.3, 0.4) is 0 Å². The number of halogens is 1. The first-order chi connectivity index (χ1) is 11.6. The van der Waals surface area contributed by atoms with Crippen molar-refractivity contribution >= 4 is 23.4 Å². The van der Waals surface area contributed by atoms with E-state index < -0.39 is 5.82 Å².